The van der Waals surface area contributed by atoms with Crippen LogP contribution in [-0.4, -0.2) is 84.9 Å². The van der Waals surface area contributed by atoms with E-state index in [-0.39, 0.29) is 43.3 Å². The van der Waals surface area contributed by atoms with Crippen LogP contribution in [0.1, 0.15) is 28.8 Å². The van der Waals surface area contributed by atoms with Crippen LogP contribution in [0.4, 0.5) is 38.1 Å². The summed E-state index contributed by atoms with van der Waals surface area (Å²) in [5, 5.41) is 15.0. The van der Waals surface area contributed by atoms with Crippen molar-refractivity contribution < 1.29 is 36.6 Å². The number of amides is 3. The molecule has 0 bridgehead atoms. The first-order valence-electron chi connectivity index (χ1n) is 12.7. The van der Waals surface area contributed by atoms with Gasteiger partial charge in [-0.15, -0.1) is 12.4 Å². The van der Waals surface area contributed by atoms with E-state index >= 15 is 0 Å². The van der Waals surface area contributed by atoms with Crippen LogP contribution in [-0.2, 0) is 6.54 Å². The lowest BCUT2D eigenvalue weighted by Crippen LogP contribution is -2.47. The Labute approximate surface area is 244 Å². The molecule has 2 saturated heterocycles. The number of halogens is 7. The molecule has 8 nitrogen and oxygen atoms in total. The van der Waals surface area contributed by atoms with Gasteiger partial charge in [0, 0.05) is 62.9 Å². The van der Waals surface area contributed by atoms with Crippen molar-refractivity contribution in [3.63, 3.8) is 0 Å². The highest BCUT2D eigenvalue weighted by molar-refractivity contribution is 6.31. The maximum Gasteiger partial charge on any atom is 0.390 e. The van der Waals surface area contributed by atoms with Crippen molar-refractivity contribution in [1.29, 1.82) is 0 Å². The van der Waals surface area contributed by atoms with Crippen LogP contribution >= 0.6 is 24.0 Å². The fourth-order valence-corrected chi connectivity index (χ4v) is 4.84. The van der Waals surface area contributed by atoms with Gasteiger partial charge in [0.2, 0.25) is 0 Å². The molecule has 0 saturated carbocycles. The molecule has 3 N–H and O–H groups in total. The summed E-state index contributed by atoms with van der Waals surface area (Å²) in [5.41, 5.74) is 0.0801. The number of hydrogen-bond acceptors (Lipinski definition) is 5. The van der Waals surface area contributed by atoms with Gasteiger partial charge in [-0.1, -0.05) is 17.7 Å². The fraction of sp³-hybridized carbons (Fsp3) is 0.462. The number of β-amino-alcohol motifs (C(OH)–C–C–N with tert-alkyl or cyclic N) is 1. The van der Waals surface area contributed by atoms with Crippen LogP contribution in [0.15, 0.2) is 30.3 Å². The number of likely N-dealkylation sites (tertiary alicyclic amines) is 1. The van der Waals surface area contributed by atoms with Gasteiger partial charge < -0.3 is 25.5 Å². The Morgan fingerprint density at radius 2 is 1.73 bits per heavy atom. The predicted octanol–water partition coefficient (Wildman–Crippen LogP) is 4.64. The van der Waals surface area contributed by atoms with Crippen molar-refractivity contribution in [3.8, 4) is 0 Å². The van der Waals surface area contributed by atoms with E-state index in [0.29, 0.717) is 49.9 Å². The SMILES string of the molecule is Cl.O=C(Nc1ccc(Cl)cc1N1CCN(CCC(F)(F)F)CC1)c1ccc(CNC(=O)N2CC[C@@H](O)C2)c(F)c1F. The molecular formula is C26H30Cl2F5N5O3. The van der Waals surface area contributed by atoms with Gasteiger partial charge in [0.25, 0.3) is 5.91 Å². The van der Waals surface area contributed by atoms with E-state index in [9.17, 15) is 36.6 Å². The molecule has 2 fully saturated rings. The number of benzene rings is 2. The second-order valence-corrected chi connectivity index (χ2v) is 10.2. The van der Waals surface area contributed by atoms with Gasteiger partial charge >= 0.3 is 12.2 Å². The van der Waals surface area contributed by atoms with Crippen LogP contribution in [0, 0.1) is 11.6 Å². The second kappa shape index (κ2) is 13.9. The minimum absolute atomic E-state index is 0. The quantitative estimate of drug-likeness (QED) is 0.390. The molecule has 0 spiro atoms. The smallest absolute Gasteiger partial charge is 0.390 e. The average Bonchev–Trinajstić information content (AvgIpc) is 3.35. The van der Waals surface area contributed by atoms with Crippen molar-refractivity contribution in [2.75, 3.05) is 56.0 Å². The van der Waals surface area contributed by atoms with E-state index in [1.807, 2.05) is 4.90 Å². The molecule has 4 rings (SSSR count). The number of hydrogen-bond donors (Lipinski definition) is 3. The van der Waals surface area contributed by atoms with Crippen LogP contribution in [0.3, 0.4) is 0 Å². The first kappa shape index (κ1) is 32.6. The van der Waals surface area contributed by atoms with Crippen LogP contribution in [0.25, 0.3) is 0 Å². The topological polar surface area (TPSA) is 88.2 Å². The molecule has 3 amide bonds. The molecule has 2 aliphatic rings. The molecule has 1 atom stereocenters. The summed E-state index contributed by atoms with van der Waals surface area (Å²) in [6.45, 7) is 1.57. The average molecular weight is 626 g/mol. The minimum atomic E-state index is -4.24. The highest BCUT2D eigenvalue weighted by atomic mass is 35.5. The summed E-state index contributed by atoms with van der Waals surface area (Å²) in [6, 6.07) is 6.42. The number of alkyl halides is 3. The molecule has 2 aromatic carbocycles. The third-order valence-electron chi connectivity index (χ3n) is 6.92. The van der Waals surface area contributed by atoms with E-state index in [1.54, 1.807) is 11.0 Å². The number of anilines is 2. The predicted molar refractivity (Wildman–Crippen MR) is 147 cm³/mol. The zero-order valence-corrected chi connectivity index (χ0v) is 23.4. The lowest BCUT2D eigenvalue weighted by Gasteiger charge is -2.37. The molecule has 2 aromatic rings. The van der Waals surface area contributed by atoms with Crippen molar-refractivity contribution in [1.82, 2.24) is 15.1 Å². The van der Waals surface area contributed by atoms with Crippen molar-refractivity contribution in [2.24, 2.45) is 0 Å². The Morgan fingerprint density at radius 1 is 1.02 bits per heavy atom. The fourth-order valence-electron chi connectivity index (χ4n) is 4.67. The first-order chi connectivity index (χ1) is 18.9. The molecule has 0 aromatic heterocycles. The molecule has 15 heteroatoms. The van der Waals surface area contributed by atoms with Gasteiger partial charge in [0.1, 0.15) is 0 Å². The number of rotatable bonds is 7. The molecule has 0 radical (unpaired) electrons. The lowest BCUT2D eigenvalue weighted by atomic mass is 10.1. The largest absolute Gasteiger partial charge is 0.391 e. The minimum Gasteiger partial charge on any atom is -0.391 e. The Kier molecular flexibility index (Phi) is 11.0. The summed E-state index contributed by atoms with van der Waals surface area (Å²) in [7, 11) is 0. The summed E-state index contributed by atoms with van der Waals surface area (Å²) >= 11 is 6.15. The highest BCUT2D eigenvalue weighted by Gasteiger charge is 2.29. The van der Waals surface area contributed by atoms with Crippen molar-refractivity contribution in [3.05, 3.63) is 58.1 Å². The maximum atomic E-state index is 14.9. The second-order valence-electron chi connectivity index (χ2n) is 9.76. The van der Waals surface area contributed by atoms with Crippen LogP contribution in [0.2, 0.25) is 5.02 Å². The number of piperazine rings is 1. The normalized spacial score (nSPS) is 17.8. The summed E-state index contributed by atoms with van der Waals surface area (Å²) < 4.78 is 67.4. The van der Waals surface area contributed by atoms with Gasteiger partial charge in [-0.25, -0.2) is 13.6 Å². The van der Waals surface area contributed by atoms with Gasteiger partial charge in [0.15, 0.2) is 11.6 Å². The van der Waals surface area contributed by atoms with Crippen LogP contribution in [0.5, 0.6) is 0 Å². The lowest BCUT2D eigenvalue weighted by molar-refractivity contribution is -0.138. The van der Waals surface area contributed by atoms with Crippen molar-refractivity contribution in [2.45, 2.75) is 31.7 Å². The Hall–Kier alpha value is -2.87. The van der Waals surface area contributed by atoms with Crippen LogP contribution < -0.4 is 15.5 Å². The number of nitrogens with zero attached hydrogens (tertiary/aromatic N) is 3. The zero-order chi connectivity index (χ0) is 29.0. The summed E-state index contributed by atoms with van der Waals surface area (Å²) in [4.78, 5) is 30.0. The van der Waals surface area contributed by atoms with Crippen molar-refractivity contribution >= 4 is 47.3 Å². The van der Waals surface area contributed by atoms with Gasteiger partial charge in [-0.3, -0.25) is 9.69 Å². The maximum absolute atomic E-state index is 14.9. The van der Waals surface area contributed by atoms with E-state index in [2.05, 4.69) is 10.6 Å². The number of carbonyl (C=O) groups excluding carboxylic acids is 2. The number of nitrogens with one attached hydrogen (secondary N) is 2. The third kappa shape index (κ3) is 8.57. The molecular weight excluding hydrogens is 596 g/mol. The molecule has 0 aliphatic carbocycles. The Bertz CT molecular complexity index is 1240. The zero-order valence-electron chi connectivity index (χ0n) is 21.8. The highest BCUT2D eigenvalue weighted by Crippen LogP contribution is 2.31. The number of urea groups is 1. The summed E-state index contributed by atoms with van der Waals surface area (Å²) in [6.07, 6.45) is -5.32. The number of carbonyl (C=O) groups is 2. The Balaban J connectivity index is 0.00000462. The number of aliphatic hydroxyl groups is 1. The van der Waals surface area contributed by atoms with E-state index in [4.69, 9.17) is 11.6 Å². The molecule has 226 valence electrons. The van der Waals surface area contributed by atoms with E-state index in [0.717, 1.165) is 6.07 Å². The first-order valence-corrected chi connectivity index (χ1v) is 13.1. The summed E-state index contributed by atoms with van der Waals surface area (Å²) in [5.74, 6) is -3.57. The van der Waals surface area contributed by atoms with Gasteiger partial charge in [-0.05, 0) is 30.7 Å². The van der Waals surface area contributed by atoms with Gasteiger partial charge in [-0.2, -0.15) is 13.2 Å². The van der Waals surface area contributed by atoms with E-state index < -0.39 is 47.8 Å². The molecule has 2 aliphatic heterocycles. The molecule has 2 heterocycles. The van der Waals surface area contributed by atoms with Gasteiger partial charge in [0.05, 0.1) is 29.5 Å². The van der Waals surface area contributed by atoms with E-state index in [1.165, 1.54) is 23.1 Å². The number of aliphatic hydroxyl groups excluding tert-OH is 1. The standard InChI is InChI=1S/C26H29ClF5N5O3.ClH/c27-17-2-4-20(21(13-17)36-11-9-35(10-12-36)8-6-26(30,31)32)34-24(39)19-3-1-16(22(28)23(19)29)14-33-25(40)37-7-5-18(38)15-37;/h1-4,13,18,38H,5-12,14-15H2,(H,33,40)(H,34,39);1H/t18-;/m1./s1. The molecule has 41 heavy (non-hydrogen) atoms. The monoisotopic (exact) mass is 625 g/mol. The molecule has 0 unspecified atom stereocenters. The third-order valence-corrected chi connectivity index (χ3v) is 7.16. The Morgan fingerprint density at radius 3 is 2.37 bits per heavy atom.